The van der Waals surface area contributed by atoms with E-state index < -0.39 is 11.9 Å². The molecule has 7 nitrogen and oxygen atoms in total. The first-order chi connectivity index (χ1) is 11.9. The number of aryl methyl sites for hydroxylation is 2. The van der Waals surface area contributed by atoms with E-state index in [9.17, 15) is 14.4 Å². The third-order valence-corrected chi connectivity index (χ3v) is 3.80. The molecule has 0 saturated heterocycles. The molecular formula is C18H23N3O4. The molecule has 2 aromatic heterocycles. The lowest BCUT2D eigenvalue weighted by Gasteiger charge is -2.15. The number of amides is 1. The number of hydrogen-bond acceptors (Lipinski definition) is 5. The highest BCUT2D eigenvalue weighted by molar-refractivity contribution is 5.97. The molecule has 0 radical (unpaired) electrons. The molecule has 2 rings (SSSR count). The highest BCUT2D eigenvalue weighted by atomic mass is 16.5. The zero-order chi connectivity index (χ0) is 18.6. The van der Waals surface area contributed by atoms with Crippen LogP contribution in [0.5, 0.6) is 0 Å². The van der Waals surface area contributed by atoms with Crippen LogP contribution in [-0.4, -0.2) is 34.1 Å². The SMILES string of the molecule is CCOC(=O)CC(C)NC(=O)c1cn(CC)c2nc(C)ccc2c1=O. The van der Waals surface area contributed by atoms with E-state index in [-0.39, 0.29) is 30.0 Å². The minimum Gasteiger partial charge on any atom is -0.466 e. The molecule has 0 fully saturated rings. The summed E-state index contributed by atoms with van der Waals surface area (Å²) in [5.41, 5.74) is 1.03. The fourth-order valence-corrected chi connectivity index (χ4v) is 2.59. The van der Waals surface area contributed by atoms with E-state index in [0.29, 0.717) is 17.6 Å². The normalized spacial score (nSPS) is 12.0. The summed E-state index contributed by atoms with van der Waals surface area (Å²) in [6.45, 7) is 8.04. The Morgan fingerprint density at radius 3 is 2.68 bits per heavy atom. The molecular weight excluding hydrogens is 322 g/mol. The summed E-state index contributed by atoms with van der Waals surface area (Å²) in [5, 5.41) is 3.08. The number of fused-ring (bicyclic) bond motifs is 1. The summed E-state index contributed by atoms with van der Waals surface area (Å²) in [6.07, 6.45) is 1.57. The maximum atomic E-state index is 12.6. The molecule has 0 saturated carbocycles. The van der Waals surface area contributed by atoms with E-state index in [2.05, 4.69) is 10.3 Å². The Balaban J connectivity index is 2.32. The Morgan fingerprint density at radius 1 is 1.32 bits per heavy atom. The topological polar surface area (TPSA) is 90.3 Å². The van der Waals surface area contributed by atoms with Crippen LogP contribution < -0.4 is 10.7 Å². The molecule has 25 heavy (non-hydrogen) atoms. The molecule has 1 N–H and O–H groups in total. The van der Waals surface area contributed by atoms with Gasteiger partial charge in [0.15, 0.2) is 0 Å². The predicted octanol–water partition coefficient (Wildman–Crippen LogP) is 1.80. The van der Waals surface area contributed by atoms with E-state index in [4.69, 9.17) is 4.74 Å². The predicted molar refractivity (Wildman–Crippen MR) is 94.6 cm³/mol. The number of esters is 1. The van der Waals surface area contributed by atoms with Crippen LogP contribution in [0.15, 0.2) is 23.1 Å². The summed E-state index contributed by atoms with van der Waals surface area (Å²) < 4.78 is 6.64. The highest BCUT2D eigenvalue weighted by Gasteiger charge is 2.19. The zero-order valence-electron chi connectivity index (χ0n) is 15.0. The third kappa shape index (κ3) is 4.23. The highest BCUT2D eigenvalue weighted by Crippen LogP contribution is 2.11. The van der Waals surface area contributed by atoms with E-state index in [0.717, 1.165) is 5.69 Å². The largest absolute Gasteiger partial charge is 0.466 e. The molecule has 134 valence electrons. The lowest BCUT2D eigenvalue weighted by molar-refractivity contribution is -0.143. The molecule has 0 aliphatic carbocycles. The van der Waals surface area contributed by atoms with Gasteiger partial charge in [-0.15, -0.1) is 0 Å². The molecule has 2 heterocycles. The van der Waals surface area contributed by atoms with Gasteiger partial charge in [-0.05, 0) is 39.8 Å². The molecule has 0 aromatic carbocycles. The van der Waals surface area contributed by atoms with Gasteiger partial charge in [-0.3, -0.25) is 14.4 Å². The number of carbonyl (C=O) groups is 2. The molecule has 1 amide bonds. The van der Waals surface area contributed by atoms with Crippen LogP contribution in [0.2, 0.25) is 0 Å². The number of hydrogen-bond donors (Lipinski definition) is 1. The summed E-state index contributed by atoms with van der Waals surface area (Å²) in [7, 11) is 0. The quantitative estimate of drug-likeness (QED) is 0.806. The van der Waals surface area contributed by atoms with Gasteiger partial charge in [0.25, 0.3) is 5.91 Å². The number of nitrogens with one attached hydrogen (secondary N) is 1. The number of pyridine rings is 2. The summed E-state index contributed by atoms with van der Waals surface area (Å²) in [4.78, 5) is 41.0. The van der Waals surface area contributed by atoms with Gasteiger partial charge >= 0.3 is 5.97 Å². The molecule has 0 bridgehead atoms. The number of rotatable bonds is 6. The van der Waals surface area contributed by atoms with Crippen molar-refractivity contribution in [1.29, 1.82) is 0 Å². The van der Waals surface area contributed by atoms with Crippen LogP contribution >= 0.6 is 0 Å². The second-order valence-corrected chi connectivity index (χ2v) is 5.87. The Morgan fingerprint density at radius 2 is 2.04 bits per heavy atom. The average molecular weight is 345 g/mol. The van der Waals surface area contributed by atoms with Crippen molar-refractivity contribution in [1.82, 2.24) is 14.9 Å². The molecule has 0 aliphatic heterocycles. The van der Waals surface area contributed by atoms with Crippen molar-refractivity contribution >= 4 is 22.9 Å². The van der Waals surface area contributed by atoms with Crippen LogP contribution in [0.3, 0.4) is 0 Å². The second kappa shape index (κ2) is 7.92. The van der Waals surface area contributed by atoms with E-state index >= 15 is 0 Å². The van der Waals surface area contributed by atoms with Crippen molar-refractivity contribution in [2.24, 2.45) is 0 Å². The first kappa shape index (κ1) is 18.6. The van der Waals surface area contributed by atoms with Crippen molar-refractivity contribution in [3.05, 3.63) is 39.8 Å². The van der Waals surface area contributed by atoms with Gasteiger partial charge in [0.1, 0.15) is 11.2 Å². The Kier molecular flexibility index (Phi) is 5.90. The third-order valence-electron chi connectivity index (χ3n) is 3.80. The maximum Gasteiger partial charge on any atom is 0.307 e. The van der Waals surface area contributed by atoms with Gasteiger partial charge in [-0.1, -0.05) is 0 Å². The van der Waals surface area contributed by atoms with Crippen LogP contribution in [0.4, 0.5) is 0 Å². The van der Waals surface area contributed by atoms with E-state index in [1.807, 2.05) is 13.8 Å². The van der Waals surface area contributed by atoms with Crippen molar-refractivity contribution in [3.8, 4) is 0 Å². The zero-order valence-corrected chi connectivity index (χ0v) is 15.0. The van der Waals surface area contributed by atoms with Crippen molar-refractivity contribution in [3.63, 3.8) is 0 Å². The van der Waals surface area contributed by atoms with Crippen LogP contribution in [0.25, 0.3) is 11.0 Å². The Hall–Kier alpha value is -2.70. The summed E-state index contributed by atoms with van der Waals surface area (Å²) >= 11 is 0. The van der Waals surface area contributed by atoms with Gasteiger partial charge < -0.3 is 14.6 Å². The Labute approximate surface area is 146 Å². The van der Waals surface area contributed by atoms with Crippen molar-refractivity contribution in [2.75, 3.05) is 6.61 Å². The minimum absolute atomic E-state index is 0.0377. The fourth-order valence-electron chi connectivity index (χ4n) is 2.59. The average Bonchev–Trinajstić information content (AvgIpc) is 2.54. The van der Waals surface area contributed by atoms with Gasteiger partial charge in [0.2, 0.25) is 5.43 Å². The lowest BCUT2D eigenvalue weighted by Crippen LogP contribution is -2.37. The summed E-state index contributed by atoms with van der Waals surface area (Å²) in [5.74, 6) is -0.897. The molecule has 7 heteroatoms. The first-order valence-electron chi connectivity index (χ1n) is 8.34. The van der Waals surface area contributed by atoms with Crippen molar-refractivity contribution in [2.45, 2.75) is 46.7 Å². The monoisotopic (exact) mass is 345 g/mol. The molecule has 2 aromatic rings. The lowest BCUT2D eigenvalue weighted by atomic mass is 10.1. The number of aromatic nitrogens is 2. The van der Waals surface area contributed by atoms with Gasteiger partial charge in [0.05, 0.1) is 18.4 Å². The maximum absolute atomic E-state index is 12.6. The minimum atomic E-state index is -0.508. The fraction of sp³-hybridized carbons (Fsp3) is 0.444. The number of carbonyl (C=O) groups excluding carboxylic acids is 2. The Bertz CT molecular complexity index is 857. The molecule has 1 unspecified atom stereocenters. The molecule has 0 aliphatic rings. The van der Waals surface area contributed by atoms with E-state index in [1.54, 1.807) is 30.5 Å². The van der Waals surface area contributed by atoms with Crippen LogP contribution in [-0.2, 0) is 16.1 Å². The van der Waals surface area contributed by atoms with Gasteiger partial charge in [-0.25, -0.2) is 4.98 Å². The second-order valence-electron chi connectivity index (χ2n) is 5.87. The summed E-state index contributed by atoms with van der Waals surface area (Å²) in [6, 6.07) is 2.99. The smallest absolute Gasteiger partial charge is 0.307 e. The van der Waals surface area contributed by atoms with Crippen LogP contribution in [0.1, 0.15) is 43.2 Å². The van der Waals surface area contributed by atoms with Gasteiger partial charge in [0, 0.05) is 24.5 Å². The number of nitrogens with zero attached hydrogens (tertiary/aromatic N) is 2. The van der Waals surface area contributed by atoms with Crippen LogP contribution in [0, 0.1) is 6.92 Å². The van der Waals surface area contributed by atoms with Gasteiger partial charge in [-0.2, -0.15) is 0 Å². The standard InChI is InChI=1S/C18H23N3O4/c1-5-21-10-14(16(23)13-8-7-11(3)19-17(13)21)18(24)20-12(4)9-15(22)25-6-2/h7-8,10,12H,5-6,9H2,1-4H3,(H,20,24). The van der Waals surface area contributed by atoms with E-state index in [1.165, 1.54) is 6.20 Å². The van der Waals surface area contributed by atoms with Crippen molar-refractivity contribution < 1.29 is 14.3 Å². The first-order valence-corrected chi connectivity index (χ1v) is 8.34. The molecule has 0 spiro atoms. The molecule has 1 atom stereocenters. The number of ether oxygens (including phenoxy) is 1.